The largest absolute Gasteiger partial charge is 0.321 e. The molecule has 0 unspecified atom stereocenters. The molecule has 1 amide bonds. The van der Waals surface area contributed by atoms with E-state index in [-0.39, 0.29) is 5.91 Å². The monoisotopic (exact) mass is 346 g/mol. The maximum atomic E-state index is 12.6. The van der Waals surface area contributed by atoms with Gasteiger partial charge in [-0.3, -0.25) is 4.79 Å². The molecule has 0 radical (unpaired) electrons. The number of thiophene rings is 1. The van der Waals surface area contributed by atoms with Gasteiger partial charge in [-0.15, -0.1) is 11.3 Å². The van der Waals surface area contributed by atoms with Gasteiger partial charge in [0.15, 0.2) is 0 Å². The molecule has 0 fully saturated rings. The summed E-state index contributed by atoms with van der Waals surface area (Å²) in [6.07, 6.45) is 0. The van der Waals surface area contributed by atoms with Gasteiger partial charge in [-0.1, -0.05) is 17.7 Å². The zero-order valence-corrected chi connectivity index (χ0v) is 15.2. The minimum absolute atomic E-state index is 0.0912. The molecule has 0 aliphatic heterocycles. The van der Waals surface area contributed by atoms with Crippen molar-refractivity contribution in [1.82, 2.24) is 4.98 Å². The fourth-order valence-corrected chi connectivity index (χ4v) is 3.80. The molecular formula is C21H18N2OS. The third kappa shape index (κ3) is 3.01. The number of aromatic nitrogens is 1. The van der Waals surface area contributed by atoms with Crippen LogP contribution < -0.4 is 5.32 Å². The second-order valence-electron chi connectivity index (χ2n) is 6.44. The first-order chi connectivity index (χ1) is 12.0. The zero-order valence-electron chi connectivity index (χ0n) is 14.4. The zero-order chi connectivity index (χ0) is 17.6. The van der Waals surface area contributed by atoms with Crippen molar-refractivity contribution < 1.29 is 4.79 Å². The number of hydrogen-bond acceptors (Lipinski definition) is 3. The molecule has 2 aromatic heterocycles. The van der Waals surface area contributed by atoms with E-state index in [2.05, 4.69) is 37.4 Å². The highest BCUT2D eigenvalue weighted by molar-refractivity contribution is 7.20. The minimum atomic E-state index is -0.0912. The highest BCUT2D eigenvalue weighted by atomic mass is 32.1. The molecule has 3 nitrogen and oxygen atoms in total. The Hall–Kier alpha value is -2.72. The van der Waals surface area contributed by atoms with E-state index in [4.69, 9.17) is 4.98 Å². The van der Waals surface area contributed by atoms with Gasteiger partial charge >= 0.3 is 0 Å². The molecule has 4 heteroatoms. The normalized spacial score (nSPS) is 11.2. The Morgan fingerprint density at radius 3 is 2.56 bits per heavy atom. The van der Waals surface area contributed by atoms with Crippen LogP contribution in [0.2, 0.25) is 0 Å². The van der Waals surface area contributed by atoms with Crippen molar-refractivity contribution in [2.24, 2.45) is 0 Å². The predicted molar refractivity (Wildman–Crippen MR) is 106 cm³/mol. The number of carbonyl (C=O) groups excluding carboxylic acids is 1. The summed E-state index contributed by atoms with van der Waals surface area (Å²) in [4.78, 5) is 18.9. The maximum absolute atomic E-state index is 12.6. The molecule has 0 aliphatic rings. The molecule has 4 aromatic rings. The number of amides is 1. The number of aryl methyl sites for hydroxylation is 3. The third-order valence-electron chi connectivity index (χ3n) is 4.44. The van der Waals surface area contributed by atoms with Gasteiger partial charge in [-0.25, -0.2) is 4.98 Å². The Morgan fingerprint density at radius 2 is 1.76 bits per heavy atom. The number of anilines is 1. The SMILES string of the molecule is Cc1ccc2nc3sc(C(=O)Nc4ccc(C)c(C)c4)cc3cc2c1. The fourth-order valence-electron chi connectivity index (χ4n) is 2.88. The minimum Gasteiger partial charge on any atom is -0.321 e. The van der Waals surface area contributed by atoms with Crippen LogP contribution in [0.4, 0.5) is 5.69 Å². The van der Waals surface area contributed by atoms with Crippen LogP contribution >= 0.6 is 11.3 Å². The summed E-state index contributed by atoms with van der Waals surface area (Å²) < 4.78 is 0. The Labute approximate surface area is 150 Å². The quantitative estimate of drug-likeness (QED) is 0.511. The Morgan fingerprint density at radius 1 is 0.920 bits per heavy atom. The smallest absolute Gasteiger partial charge is 0.265 e. The first-order valence-electron chi connectivity index (χ1n) is 8.19. The van der Waals surface area contributed by atoms with Crippen molar-refractivity contribution in [3.63, 3.8) is 0 Å². The van der Waals surface area contributed by atoms with Crippen LogP contribution in [0.1, 0.15) is 26.4 Å². The lowest BCUT2D eigenvalue weighted by Gasteiger charge is -2.06. The summed E-state index contributed by atoms with van der Waals surface area (Å²) >= 11 is 1.43. The molecule has 124 valence electrons. The van der Waals surface area contributed by atoms with E-state index in [9.17, 15) is 4.79 Å². The fraction of sp³-hybridized carbons (Fsp3) is 0.143. The molecule has 2 heterocycles. The molecule has 0 bridgehead atoms. The van der Waals surface area contributed by atoms with Crippen molar-refractivity contribution in [3.05, 3.63) is 70.1 Å². The number of nitrogens with zero attached hydrogens (tertiary/aromatic N) is 1. The molecule has 4 rings (SSSR count). The number of benzene rings is 2. The average molecular weight is 346 g/mol. The number of rotatable bonds is 2. The lowest BCUT2D eigenvalue weighted by Crippen LogP contribution is -2.10. The topological polar surface area (TPSA) is 42.0 Å². The molecule has 2 aromatic carbocycles. The summed E-state index contributed by atoms with van der Waals surface area (Å²) in [5.74, 6) is -0.0912. The Bertz CT molecular complexity index is 1130. The molecule has 0 aliphatic carbocycles. The lowest BCUT2D eigenvalue weighted by atomic mass is 10.1. The van der Waals surface area contributed by atoms with Crippen LogP contribution in [-0.4, -0.2) is 10.9 Å². The van der Waals surface area contributed by atoms with Crippen molar-refractivity contribution in [3.8, 4) is 0 Å². The number of pyridine rings is 1. The van der Waals surface area contributed by atoms with E-state index < -0.39 is 0 Å². The molecule has 0 saturated heterocycles. The number of nitrogens with one attached hydrogen (secondary N) is 1. The average Bonchev–Trinajstić information content (AvgIpc) is 2.99. The number of fused-ring (bicyclic) bond motifs is 2. The first-order valence-corrected chi connectivity index (χ1v) is 9.01. The Balaban J connectivity index is 1.69. The molecule has 0 atom stereocenters. The van der Waals surface area contributed by atoms with Crippen LogP contribution in [0.5, 0.6) is 0 Å². The summed E-state index contributed by atoms with van der Waals surface area (Å²) in [5.41, 5.74) is 5.36. The van der Waals surface area contributed by atoms with Crippen LogP contribution in [0, 0.1) is 20.8 Å². The van der Waals surface area contributed by atoms with Gasteiger partial charge in [0.2, 0.25) is 0 Å². The summed E-state index contributed by atoms with van der Waals surface area (Å²) in [6, 6.07) is 16.2. The van der Waals surface area contributed by atoms with Crippen LogP contribution in [0.15, 0.2) is 48.5 Å². The highest BCUT2D eigenvalue weighted by Gasteiger charge is 2.12. The van der Waals surface area contributed by atoms with Gasteiger partial charge in [0.1, 0.15) is 4.83 Å². The molecular weight excluding hydrogens is 328 g/mol. The predicted octanol–water partition coefficient (Wildman–Crippen LogP) is 5.63. The van der Waals surface area contributed by atoms with Crippen LogP contribution in [0.3, 0.4) is 0 Å². The van der Waals surface area contributed by atoms with E-state index in [0.29, 0.717) is 4.88 Å². The van der Waals surface area contributed by atoms with Gasteiger partial charge in [-0.2, -0.15) is 0 Å². The summed E-state index contributed by atoms with van der Waals surface area (Å²) in [5, 5.41) is 5.09. The van der Waals surface area contributed by atoms with E-state index in [1.54, 1.807) is 0 Å². The lowest BCUT2D eigenvalue weighted by molar-refractivity contribution is 0.103. The third-order valence-corrected chi connectivity index (χ3v) is 5.49. The highest BCUT2D eigenvalue weighted by Crippen LogP contribution is 2.28. The molecule has 0 spiro atoms. The number of carbonyl (C=O) groups is 1. The second kappa shape index (κ2) is 5.97. The Kier molecular flexibility index (Phi) is 3.77. The van der Waals surface area contributed by atoms with Gasteiger partial charge in [0, 0.05) is 16.5 Å². The van der Waals surface area contributed by atoms with Crippen molar-refractivity contribution in [2.45, 2.75) is 20.8 Å². The van der Waals surface area contributed by atoms with E-state index in [0.717, 1.165) is 32.4 Å². The van der Waals surface area contributed by atoms with Crippen molar-refractivity contribution in [1.29, 1.82) is 0 Å². The van der Waals surface area contributed by atoms with Gasteiger partial charge in [0.25, 0.3) is 5.91 Å². The van der Waals surface area contributed by atoms with E-state index in [1.165, 1.54) is 22.5 Å². The van der Waals surface area contributed by atoms with Gasteiger partial charge in [0.05, 0.1) is 10.4 Å². The summed E-state index contributed by atoms with van der Waals surface area (Å²) in [7, 11) is 0. The maximum Gasteiger partial charge on any atom is 0.265 e. The standard InChI is InChI=1S/C21H18N2OS/c1-12-4-7-18-15(8-12)10-16-11-19(25-21(16)23-18)20(24)22-17-6-5-13(2)14(3)9-17/h4-11H,1-3H3,(H,22,24). The van der Waals surface area contributed by atoms with Crippen molar-refractivity contribution >= 4 is 44.1 Å². The van der Waals surface area contributed by atoms with Gasteiger partial charge in [-0.05, 0) is 68.3 Å². The molecule has 0 saturated carbocycles. The van der Waals surface area contributed by atoms with E-state index in [1.807, 2.05) is 37.3 Å². The second-order valence-corrected chi connectivity index (χ2v) is 7.47. The van der Waals surface area contributed by atoms with Gasteiger partial charge < -0.3 is 5.32 Å². The number of hydrogen-bond donors (Lipinski definition) is 1. The van der Waals surface area contributed by atoms with E-state index >= 15 is 0 Å². The summed E-state index contributed by atoms with van der Waals surface area (Å²) in [6.45, 7) is 6.17. The molecule has 1 N–H and O–H groups in total. The first kappa shape index (κ1) is 15.8. The van der Waals surface area contributed by atoms with Crippen molar-refractivity contribution in [2.75, 3.05) is 5.32 Å². The molecule has 25 heavy (non-hydrogen) atoms. The van der Waals surface area contributed by atoms with Crippen LogP contribution in [0.25, 0.3) is 21.1 Å². The van der Waals surface area contributed by atoms with Crippen LogP contribution in [-0.2, 0) is 0 Å².